The van der Waals surface area contributed by atoms with Gasteiger partial charge in [0.15, 0.2) is 6.61 Å². The highest BCUT2D eigenvalue weighted by molar-refractivity contribution is 6.31. The summed E-state index contributed by atoms with van der Waals surface area (Å²) < 4.78 is 5.60. The topological polar surface area (TPSA) is 58.6 Å². The Balaban J connectivity index is 1.66. The van der Waals surface area contributed by atoms with Crippen LogP contribution in [0, 0.1) is 6.92 Å². The SMILES string of the molecule is Cc1cc(OCC(=O)N(C)c2ccccc2C(=O)NCc2ccccc2)ccc1Cl. The van der Waals surface area contributed by atoms with Gasteiger partial charge in [0.1, 0.15) is 5.75 Å². The van der Waals surface area contributed by atoms with Gasteiger partial charge >= 0.3 is 0 Å². The number of nitrogens with one attached hydrogen (secondary N) is 1. The van der Waals surface area contributed by atoms with Crippen molar-refractivity contribution < 1.29 is 14.3 Å². The van der Waals surface area contributed by atoms with E-state index >= 15 is 0 Å². The number of aryl methyl sites for hydroxylation is 1. The van der Waals surface area contributed by atoms with Gasteiger partial charge in [-0.1, -0.05) is 54.1 Å². The second-order valence-electron chi connectivity index (χ2n) is 6.84. The highest BCUT2D eigenvalue weighted by Crippen LogP contribution is 2.22. The molecule has 0 unspecified atom stereocenters. The predicted molar refractivity (Wildman–Crippen MR) is 119 cm³/mol. The monoisotopic (exact) mass is 422 g/mol. The van der Waals surface area contributed by atoms with Crippen LogP contribution in [0.1, 0.15) is 21.5 Å². The highest BCUT2D eigenvalue weighted by atomic mass is 35.5. The Hall–Kier alpha value is -3.31. The molecule has 3 aromatic rings. The first-order valence-electron chi connectivity index (χ1n) is 9.52. The van der Waals surface area contributed by atoms with Crippen LogP contribution >= 0.6 is 11.6 Å². The molecule has 6 heteroatoms. The minimum absolute atomic E-state index is 0.155. The fourth-order valence-corrected chi connectivity index (χ4v) is 3.03. The number of halogens is 1. The molecule has 0 bridgehead atoms. The molecular formula is C24H23ClN2O3. The number of benzene rings is 3. The second-order valence-corrected chi connectivity index (χ2v) is 7.25. The van der Waals surface area contributed by atoms with Crippen LogP contribution < -0.4 is 15.0 Å². The van der Waals surface area contributed by atoms with Crippen LogP contribution in [0.4, 0.5) is 5.69 Å². The largest absolute Gasteiger partial charge is 0.484 e. The third-order valence-electron chi connectivity index (χ3n) is 4.67. The van der Waals surface area contributed by atoms with Gasteiger partial charge in [-0.15, -0.1) is 0 Å². The molecule has 0 saturated heterocycles. The number of amides is 2. The molecule has 3 rings (SSSR count). The van der Waals surface area contributed by atoms with Crippen LogP contribution in [0.25, 0.3) is 0 Å². The van der Waals surface area contributed by atoms with Crippen molar-refractivity contribution in [2.75, 3.05) is 18.6 Å². The highest BCUT2D eigenvalue weighted by Gasteiger charge is 2.19. The molecule has 3 aromatic carbocycles. The fourth-order valence-electron chi connectivity index (χ4n) is 2.91. The molecule has 154 valence electrons. The molecule has 30 heavy (non-hydrogen) atoms. The van der Waals surface area contributed by atoms with Crippen molar-refractivity contribution in [1.29, 1.82) is 0 Å². The third kappa shape index (κ3) is 5.39. The van der Waals surface area contributed by atoms with Gasteiger partial charge < -0.3 is 15.0 Å². The van der Waals surface area contributed by atoms with Gasteiger partial charge in [-0.25, -0.2) is 0 Å². The number of likely N-dealkylation sites (N-methyl/N-ethyl adjacent to an activating group) is 1. The Morgan fingerprint density at radius 2 is 1.70 bits per heavy atom. The molecular weight excluding hydrogens is 400 g/mol. The van der Waals surface area contributed by atoms with Crippen molar-refractivity contribution in [3.8, 4) is 5.75 Å². The van der Waals surface area contributed by atoms with Gasteiger partial charge in [0.05, 0.1) is 11.3 Å². The summed E-state index contributed by atoms with van der Waals surface area (Å²) in [7, 11) is 1.63. The third-order valence-corrected chi connectivity index (χ3v) is 5.10. The number of rotatable bonds is 7. The summed E-state index contributed by atoms with van der Waals surface area (Å²) in [5.41, 5.74) is 2.81. The van der Waals surface area contributed by atoms with Gasteiger partial charge in [0.25, 0.3) is 11.8 Å². The summed E-state index contributed by atoms with van der Waals surface area (Å²) in [6.07, 6.45) is 0. The van der Waals surface area contributed by atoms with Crippen LogP contribution in [0.15, 0.2) is 72.8 Å². The predicted octanol–water partition coefficient (Wildman–Crippen LogP) is 4.62. The molecule has 0 fully saturated rings. The molecule has 2 amide bonds. The Morgan fingerprint density at radius 3 is 2.43 bits per heavy atom. The normalized spacial score (nSPS) is 10.4. The summed E-state index contributed by atoms with van der Waals surface area (Å²) in [6.45, 7) is 2.12. The van der Waals surface area contributed by atoms with Crippen molar-refractivity contribution >= 4 is 29.1 Å². The number of hydrogen-bond acceptors (Lipinski definition) is 3. The van der Waals surface area contributed by atoms with Crippen LogP contribution in [-0.2, 0) is 11.3 Å². The molecule has 0 radical (unpaired) electrons. The van der Waals surface area contributed by atoms with E-state index in [4.69, 9.17) is 16.3 Å². The van der Waals surface area contributed by atoms with E-state index in [1.807, 2.05) is 37.3 Å². The summed E-state index contributed by atoms with van der Waals surface area (Å²) in [5.74, 6) is 0.0433. The number of carbonyl (C=O) groups excluding carboxylic acids is 2. The van der Waals surface area contributed by atoms with Gasteiger partial charge in [-0.2, -0.15) is 0 Å². The van der Waals surface area contributed by atoms with E-state index in [1.54, 1.807) is 49.5 Å². The van der Waals surface area contributed by atoms with E-state index in [9.17, 15) is 9.59 Å². The molecule has 0 heterocycles. The first-order chi connectivity index (χ1) is 14.5. The lowest BCUT2D eigenvalue weighted by molar-refractivity contribution is -0.120. The maximum absolute atomic E-state index is 12.7. The minimum Gasteiger partial charge on any atom is -0.484 e. The van der Waals surface area contributed by atoms with Gasteiger partial charge in [-0.3, -0.25) is 9.59 Å². The second kappa shape index (κ2) is 9.94. The van der Waals surface area contributed by atoms with E-state index in [-0.39, 0.29) is 18.4 Å². The van der Waals surface area contributed by atoms with E-state index in [0.717, 1.165) is 11.1 Å². The quantitative estimate of drug-likeness (QED) is 0.604. The van der Waals surface area contributed by atoms with Crippen molar-refractivity contribution in [2.45, 2.75) is 13.5 Å². The number of nitrogens with zero attached hydrogens (tertiary/aromatic N) is 1. The van der Waals surface area contributed by atoms with E-state index < -0.39 is 0 Å². The zero-order chi connectivity index (χ0) is 21.5. The smallest absolute Gasteiger partial charge is 0.264 e. The fraction of sp³-hybridized carbons (Fsp3) is 0.167. The van der Waals surface area contributed by atoms with E-state index in [0.29, 0.717) is 28.6 Å². The standard InChI is InChI=1S/C24H23ClN2O3/c1-17-14-19(12-13-21(17)25)30-16-23(28)27(2)22-11-7-6-10-20(22)24(29)26-15-18-8-4-3-5-9-18/h3-14H,15-16H2,1-2H3,(H,26,29). The summed E-state index contributed by atoms with van der Waals surface area (Å²) >= 11 is 6.02. The lowest BCUT2D eigenvalue weighted by Crippen LogP contribution is -2.33. The van der Waals surface area contributed by atoms with Crippen LogP contribution in [-0.4, -0.2) is 25.5 Å². The van der Waals surface area contributed by atoms with E-state index in [2.05, 4.69) is 5.32 Å². The van der Waals surface area contributed by atoms with Crippen molar-refractivity contribution in [1.82, 2.24) is 5.32 Å². The Labute approximate surface area is 181 Å². The van der Waals surface area contributed by atoms with Crippen molar-refractivity contribution in [3.63, 3.8) is 0 Å². The Morgan fingerprint density at radius 1 is 1.00 bits per heavy atom. The zero-order valence-corrected chi connectivity index (χ0v) is 17.6. The van der Waals surface area contributed by atoms with Gasteiger partial charge in [0.2, 0.25) is 0 Å². The lowest BCUT2D eigenvalue weighted by Gasteiger charge is -2.20. The summed E-state index contributed by atoms with van der Waals surface area (Å²) in [5, 5.41) is 3.54. The summed E-state index contributed by atoms with van der Waals surface area (Å²) in [6, 6.07) is 21.9. The number of para-hydroxylation sites is 1. The molecule has 0 aliphatic carbocycles. The Kier molecular flexibility index (Phi) is 7.09. The van der Waals surface area contributed by atoms with Crippen molar-refractivity contribution in [3.05, 3.63) is 94.5 Å². The molecule has 0 saturated carbocycles. The van der Waals surface area contributed by atoms with Crippen molar-refractivity contribution in [2.24, 2.45) is 0 Å². The van der Waals surface area contributed by atoms with Crippen LogP contribution in [0.3, 0.4) is 0 Å². The molecule has 0 aliphatic heterocycles. The van der Waals surface area contributed by atoms with Crippen LogP contribution in [0.2, 0.25) is 5.02 Å². The minimum atomic E-state index is -0.272. The molecule has 0 aromatic heterocycles. The number of hydrogen-bond donors (Lipinski definition) is 1. The number of ether oxygens (including phenoxy) is 1. The average Bonchev–Trinajstić information content (AvgIpc) is 2.78. The first kappa shape index (κ1) is 21.4. The average molecular weight is 423 g/mol. The number of carbonyl (C=O) groups is 2. The van der Waals surface area contributed by atoms with Crippen LogP contribution in [0.5, 0.6) is 5.75 Å². The van der Waals surface area contributed by atoms with Gasteiger partial charge in [0, 0.05) is 18.6 Å². The first-order valence-corrected chi connectivity index (χ1v) is 9.90. The molecule has 0 aliphatic rings. The Bertz CT molecular complexity index is 1040. The van der Waals surface area contributed by atoms with Gasteiger partial charge in [-0.05, 0) is 48.4 Å². The molecule has 1 N–H and O–H groups in total. The molecule has 5 nitrogen and oxygen atoms in total. The zero-order valence-electron chi connectivity index (χ0n) is 16.9. The van der Waals surface area contributed by atoms with E-state index in [1.165, 1.54) is 4.90 Å². The maximum Gasteiger partial charge on any atom is 0.264 e. The number of anilines is 1. The maximum atomic E-state index is 12.7. The lowest BCUT2D eigenvalue weighted by atomic mass is 10.1. The molecule has 0 atom stereocenters. The summed E-state index contributed by atoms with van der Waals surface area (Å²) in [4.78, 5) is 26.8. The molecule has 0 spiro atoms.